The van der Waals surface area contributed by atoms with Crippen molar-refractivity contribution in [3.63, 3.8) is 0 Å². The quantitative estimate of drug-likeness (QED) is 0.343. The Hall–Kier alpha value is 2.68. The van der Waals surface area contributed by atoms with Crippen LogP contribution in [0.15, 0.2) is 0 Å². The maximum Gasteiger partial charge on any atom is 0.466 e. The Bertz CT molecular complexity index is 71.4. The Labute approximate surface area is 111 Å². The smallest absolute Gasteiger partial charge is 0.303 e. The van der Waals surface area contributed by atoms with Gasteiger partial charge in [-0.1, -0.05) is 0 Å². The van der Waals surface area contributed by atoms with E-state index in [0.29, 0.717) is 0 Å². The van der Waals surface area contributed by atoms with Crippen LogP contribution in [-0.4, -0.2) is 32.0 Å². The summed E-state index contributed by atoms with van der Waals surface area (Å²) in [7, 11) is -4.64. The van der Waals surface area contributed by atoms with Crippen LogP contribution in [0.5, 0.6) is 0 Å². The minimum atomic E-state index is -4.64. The zero-order valence-corrected chi connectivity index (χ0v) is 8.79. The molecular formula is H6AlCoFeMnNiO4P. The van der Waals surface area contributed by atoms with Gasteiger partial charge in [-0.25, -0.2) is 4.57 Å². The van der Waals surface area contributed by atoms with Crippen molar-refractivity contribution in [2.45, 2.75) is 0 Å². The van der Waals surface area contributed by atoms with Crippen LogP contribution in [0.1, 0.15) is 0 Å². The standard InChI is InChI=1S/Al.Co.Fe.Mn.Ni.H3O4P.3H/c;;;;;1-5(2,3)4;;;/h;;;;;(H3,1,2,3,4);;;. The Balaban J connectivity index is -0.00000000800. The van der Waals surface area contributed by atoms with E-state index < -0.39 is 7.82 Å². The van der Waals surface area contributed by atoms with Crippen LogP contribution in [0.2, 0.25) is 0 Å². The van der Waals surface area contributed by atoms with E-state index in [1.807, 2.05) is 0 Å². The van der Waals surface area contributed by atoms with Crippen LogP contribution >= 0.6 is 7.82 Å². The van der Waals surface area contributed by atoms with Crippen LogP contribution in [0, 0.1) is 0 Å². The molecule has 0 bridgehead atoms. The summed E-state index contributed by atoms with van der Waals surface area (Å²) in [5.41, 5.74) is 0. The minimum Gasteiger partial charge on any atom is -0.303 e. The van der Waals surface area contributed by atoms with E-state index in [9.17, 15) is 0 Å². The molecule has 2 radical (unpaired) electrons. The van der Waals surface area contributed by atoms with Gasteiger partial charge in [0, 0.05) is 67.4 Å². The normalized spacial score (nSPS) is 5.90. The summed E-state index contributed by atoms with van der Waals surface area (Å²) >= 11 is 0. The van der Waals surface area contributed by atoms with Gasteiger partial charge in [0.15, 0.2) is 17.4 Å². The van der Waals surface area contributed by atoms with Gasteiger partial charge < -0.3 is 14.7 Å². The number of rotatable bonds is 0. The first-order valence-corrected chi connectivity index (χ1v) is 2.35. The zero-order valence-electron chi connectivity index (χ0n) is 3.58. The summed E-state index contributed by atoms with van der Waals surface area (Å²) in [5, 5.41) is 0. The molecule has 0 aliphatic rings. The summed E-state index contributed by atoms with van der Waals surface area (Å²) in [5.74, 6) is 0. The molecule has 0 saturated heterocycles. The van der Waals surface area contributed by atoms with Gasteiger partial charge in [-0.3, -0.25) is 0 Å². The van der Waals surface area contributed by atoms with Crippen molar-refractivity contribution in [1.29, 1.82) is 0 Å². The number of hydrogen-bond donors (Lipinski definition) is 3. The molecule has 0 aromatic carbocycles. The molecule has 0 aromatic rings. The third-order valence-corrected chi connectivity index (χ3v) is 0. The van der Waals surface area contributed by atoms with E-state index >= 15 is 0 Å². The zero-order chi connectivity index (χ0) is 4.50. The fourth-order valence-corrected chi connectivity index (χ4v) is 0. The molecule has 10 heteroatoms. The van der Waals surface area contributed by atoms with Gasteiger partial charge in [-0.2, -0.15) is 0 Å². The molecule has 10 heavy (non-hydrogen) atoms. The molecule has 3 N–H and O–H groups in total. The predicted octanol–water partition coefficient (Wildman–Crippen LogP) is -2.12. The van der Waals surface area contributed by atoms with Crippen LogP contribution in [0.3, 0.4) is 0 Å². The van der Waals surface area contributed by atoms with Gasteiger partial charge in [-0.15, -0.1) is 0 Å². The SMILES string of the molecule is O=P(O)(O)O.[AlH3].[Co].[Fe].[Mn].[Ni]. The monoisotopic (exact) mass is 356 g/mol. The van der Waals surface area contributed by atoms with Gasteiger partial charge in [0.2, 0.25) is 0 Å². The van der Waals surface area contributed by atoms with Gasteiger partial charge in [0.25, 0.3) is 0 Å². The average molecular weight is 356 g/mol. The van der Waals surface area contributed by atoms with Crippen molar-refractivity contribution in [3.05, 3.63) is 0 Å². The largest absolute Gasteiger partial charge is 0.466 e. The molecule has 0 amide bonds. The molecule has 0 atom stereocenters. The first kappa shape index (κ1) is 38.8. The molecule has 0 aliphatic carbocycles. The summed E-state index contributed by atoms with van der Waals surface area (Å²) in [6.45, 7) is 0. The Morgan fingerprint density at radius 1 is 1.10 bits per heavy atom. The maximum absolute atomic E-state index is 8.88. The third kappa shape index (κ3) is 139. The summed E-state index contributed by atoms with van der Waals surface area (Å²) < 4.78 is 8.88. The number of hydrogen-bond acceptors (Lipinski definition) is 1. The van der Waals surface area contributed by atoms with Crippen LogP contribution in [-0.2, 0) is 72.0 Å². The molecule has 0 aliphatic heterocycles. The molecule has 0 unspecified atom stereocenters. The average Bonchev–Trinajstić information content (AvgIpc) is 0.722. The first-order valence-electron chi connectivity index (χ1n) is 0.783. The first-order chi connectivity index (χ1) is 2.00. The summed E-state index contributed by atoms with van der Waals surface area (Å²) in [6.07, 6.45) is 0. The molecule has 0 heterocycles. The fourth-order valence-electron chi connectivity index (χ4n) is 0. The van der Waals surface area contributed by atoms with Gasteiger partial charge >= 0.3 is 7.82 Å². The van der Waals surface area contributed by atoms with E-state index in [1.165, 1.54) is 0 Å². The van der Waals surface area contributed by atoms with Gasteiger partial charge in [0.1, 0.15) is 0 Å². The molecule has 0 rings (SSSR count). The van der Waals surface area contributed by atoms with Gasteiger partial charge in [0.05, 0.1) is 0 Å². The van der Waals surface area contributed by atoms with Crippen molar-refractivity contribution in [1.82, 2.24) is 0 Å². The molecule has 0 aromatic heterocycles. The molecular weight excluding hydrogens is 350 g/mol. The van der Waals surface area contributed by atoms with Crippen molar-refractivity contribution in [2.75, 3.05) is 0 Å². The third-order valence-electron chi connectivity index (χ3n) is 0. The second kappa shape index (κ2) is 17.7. The van der Waals surface area contributed by atoms with E-state index in [1.54, 1.807) is 0 Å². The second-order valence-electron chi connectivity index (χ2n) is 0.513. The second-order valence-corrected chi connectivity index (χ2v) is 1.54. The molecule has 4 nitrogen and oxygen atoms in total. The minimum absolute atomic E-state index is 0. The Morgan fingerprint density at radius 3 is 1.10 bits per heavy atom. The van der Waals surface area contributed by atoms with E-state index in [4.69, 9.17) is 19.2 Å². The van der Waals surface area contributed by atoms with Crippen molar-refractivity contribution in [2.24, 2.45) is 0 Å². The van der Waals surface area contributed by atoms with Crippen LogP contribution < -0.4 is 0 Å². The molecule has 72 valence electrons. The topological polar surface area (TPSA) is 77.8 Å². The van der Waals surface area contributed by atoms with E-state index in [2.05, 4.69) is 0 Å². The number of phosphoric acid groups is 1. The van der Waals surface area contributed by atoms with E-state index in [-0.39, 0.29) is 84.8 Å². The fraction of sp³-hybridized carbons (Fsp3) is 0. The van der Waals surface area contributed by atoms with Crippen molar-refractivity contribution < 1.29 is 86.7 Å². The van der Waals surface area contributed by atoms with Crippen LogP contribution in [0.25, 0.3) is 0 Å². The summed E-state index contributed by atoms with van der Waals surface area (Å²) in [4.78, 5) is 21.6. The Morgan fingerprint density at radius 2 is 1.10 bits per heavy atom. The maximum atomic E-state index is 8.88. The molecule has 0 spiro atoms. The molecule has 0 saturated carbocycles. The predicted molar refractivity (Wildman–Crippen MR) is 24.2 cm³/mol. The van der Waals surface area contributed by atoms with Crippen molar-refractivity contribution in [3.8, 4) is 0 Å². The Kier molecular flexibility index (Phi) is 68.5. The summed E-state index contributed by atoms with van der Waals surface area (Å²) in [6, 6.07) is 0. The van der Waals surface area contributed by atoms with Crippen molar-refractivity contribution >= 4 is 25.2 Å². The van der Waals surface area contributed by atoms with Crippen LogP contribution in [0.4, 0.5) is 0 Å². The van der Waals surface area contributed by atoms with E-state index in [0.717, 1.165) is 0 Å². The molecule has 0 fully saturated rings. The van der Waals surface area contributed by atoms with Gasteiger partial charge in [-0.05, 0) is 0 Å².